The molecule has 1 unspecified atom stereocenters. The predicted octanol–water partition coefficient (Wildman–Crippen LogP) is 1.31. The number of carboxylic acids is 1. The molecule has 0 spiro atoms. The fourth-order valence-corrected chi connectivity index (χ4v) is 1.50. The summed E-state index contributed by atoms with van der Waals surface area (Å²) in [5.41, 5.74) is 2.61. The standard InChI is InChI=1S/C10H17N3O2/c1-5-8(10(14)15)11-9-6(2)12-13(4)7(9)3/h8,11H,5H2,1-4H3,(H,14,15). The van der Waals surface area contributed by atoms with Crippen LogP contribution < -0.4 is 5.32 Å². The van der Waals surface area contributed by atoms with E-state index in [-0.39, 0.29) is 0 Å². The van der Waals surface area contributed by atoms with E-state index in [0.717, 1.165) is 17.1 Å². The molecule has 0 amide bonds. The van der Waals surface area contributed by atoms with Crippen LogP contribution in [0.25, 0.3) is 0 Å². The minimum absolute atomic E-state index is 0.545. The smallest absolute Gasteiger partial charge is 0.326 e. The van der Waals surface area contributed by atoms with Crippen molar-refractivity contribution in [3.63, 3.8) is 0 Å². The van der Waals surface area contributed by atoms with Crippen molar-refractivity contribution in [3.05, 3.63) is 11.4 Å². The number of aliphatic carboxylic acids is 1. The molecule has 0 bridgehead atoms. The largest absolute Gasteiger partial charge is 0.480 e. The van der Waals surface area contributed by atoms with Gasteiger partial charge in [-0.3, -0.25) is 4.68 Å². The Morgan fingerprint density at radius 3 is 2.53 bits per heavy atom. The SMILES string of the molecule is CCC(Nc1c(C)nn(C)c1C)C(=O)O. The summed E-state index contributed by atoms with van der Waals surface area (Å²) < 4.78 is 1.74. The second-order valence-electron chi connectivity index (χ2n) is 3.61. The molecule has 15 heavy (non-hydrogen) atoms. The average Bonchev–Trinajstić information content (AvgIpc) is 2.39. The topological polar surface area (TPSA) is 67.2 Å². The van der Waals surface area contributed by atoms with Gasteiger partial charge in [-0.1, -0.05) is 6.92 Å². The van der Waals surface area contributed by atoms with Gasteiger partial charge in [-0.05, 0) is 20.3 Å². The van der Waals surface area contributed by atoms with E-state index in [1.807, 2.05) is 27.8 Å². The molecule has 2 N–H and O–H groups in total. The van der Waals surface area contributed by atoms with Crippen LogP contribution in [-0.4, -0.2) is 26.9 Å². The molecule has 1 rings (SSSR count). The second-order valence-corrected chi connectivity index (χ2v) is 3.61. The fourth-order valence-electron chi connectivity index (χ4n) is 1.50. The molecule has 0 saturated heterocycles. The minimum Gasteiger partial charge on any atom is -0.480 e. The van der Waals surface area contributed by atoms with E-state index < -0.39 is 12.0 Å². The first kappa shape index (κ1) is 11.6. The molecule has 0 aliphatic carbocycles. The van der Waals surface area contributed by atoms with Crippen LogP contribution in [0, 0.1) is 13.8 Å². The highest BCUT2D eigenvalue weighted by Gasteiger charge is 2.18. The van der Waals surface area contributed by atoms with Gasteiger partial charge in [0.25, 0.3) is 0 Å². The Morgan fingerprint density at radius 2 is 2.20 bits per heavy atom. The van der Waals surface area contributed by atoms with Gasteiger partial charge in [0, 0.05) is 7.05 Å². The highest BCUT2D eigenvalue weighted by molar-refractivity contribution is 5.77. The van der Waals surface area contributed by atoms with E-state index in [4.69, 9.17) is 5.11 Å². The molecule has 5 heteroatoms. The Balaban J connectivity index is 2.92. The Labute approximate surface area is 89.1 Å². The third-order valence-corrected chi connectivity index (χ3v) is 2.53. The zero-order chi connectivity index (χ0) is 11.6. The Morgan fingerprint density at radius 1 is 1.60 bits per heavy atom. The van der Waals surface area contributed by atoms with Crippen molar-refractivity contribution in [3.8, 4) is 0 Å². The summed E-state index contributed by atoms with van der Waals surface area (Å²) in [6, 6.07) is -0.549. The van der Waals surface area contributed by atoms with E-state index in [1.165, 1.54) is 0 Å². The number of carbonyl (C=O) groups is 1. The van der Waals surface area contributed by atoms with Gasteiger partial charge < -0.3 is 10.4 Å². The van der Waals surface area contributed by atoms with Crippen LogP contribution in [-0.2, 0) is 11.8 Å². The number of nitrogens with zero attached hydrogens (tertiary/aromatic N) is 2. The molecule has 1 aromatic heterocycles. The van der Waals surface area contributed by atoms with Gasteiger partial charge in [-0.2, -0.15) is 5.10 Å². The zero-order valence-electron chi connectivity index (χ0n) is 9.53. The molecule has 0 aromatic carbocycles. The van der Waals surface area contributed by atoms with Crippen LogP contribution in [0.2, 0.25) is 0 Å². The quantitative estimate of drug-likeness (QED) is 0.788. The molecule has 1 heterocycles. The minimum atomic E-state index is -0.833. The van der Waals surface area contributed by atoms with Crippen molar-refractivity contribution in [2.24, 2.45) is 7.05 Å². The van der Waals surface area contributed by atoms with Gasteiger partial charge in [-0.15, -0.1) is 0 Å². The number of hydrogen-bond acceptors (Lipinski definition) is 3. The summed E-state index contributed by atoms with van der Waals surface area (Å²) in [5.74, 6) is -0.833. The monoisotopic (exact) mass is 211 g/mol. The summed E-state index contributed by atoms with van der Waals surface area (Å²) in [7, 11) is 1.84. The molecular formula is C10H17N3O2. The van der Waals surface area contributed by atoms with Crippen LogP contribution in [0.4, 0.5) is 5.69 Å². The maximum Gasteiger partial charge on any atom is 0.326 e. The van der Waals surface area contributed by atoms with Crippen LogP contribution in [0.3, 0.4) is 0 Å². The van der Waals surface area contributed by atoms with Crippen molar-refractivity contribution in [2.75, 3.05) is 5.32 Å². The van der Waals surface area contributed by atoms with E-state index in [1.54, 1.807) is 4.68 Å². The maximum absolute atomic E-state index is 10.9. The third kappa shape index (κ3) is 2.29. The lowest BCUT2D eigenvalue weighted by Gasteiger charge is -2.13. The summed E-state index contributed by atoms with van der Waals surface area (Å²) in [6.07, 6.45) is 0.545. The third-order valence-electron chi connectivity index (χ3n) is 2.53. The molecule has 0 fully saturated rings. The Bertz CT molecular complexity index is 371. The predicted molar refractivity (Wildman–Crippen MR) is 58.0 cm³/mol. The molecule has 0 aliphatic rings. The lowest BCUT2D eigenvalue weighted by molar-refractivity contribution is -0.137. The fraction of sp³-hybridized carbons (Fsp3) is 0.600. The van der Waals surface area contributed by atoms with Gasteiger partial charge in [0.1, 0.15) is 6.04 Å². The van der Waals surface area contributed by atoms with E-state index in [2.05, 4.69) is 10.4 Å². The van der Waals surface area contributed by atoms with Gasteiger partial charge in [0.2, 0.25) is 0 Å². The van der Waals surface area contributed by atoms with Crippen molar-refractivity contribution in [1.82, 2.24) is 9.78 Å². The molecule has 5 nitrogen and oxygen atoms in total. The normalized spacial score (nSPS) is 12.5. The second kappa shape index (κ2) is 4.33. The maximum atomic E-state index is 10.9. The molecule has 1 atom stereocenters. The zero-order valence-corrected chi connectivity index (χ0v) is 9.53. The first-order valence-corrected chi connectivity index (χ1v) is 4.96. The van der Waals surface area contributed by atoms with Gasteiger partial charge in [0.05, 0.1) is 17.1 Å². The van der Waals surface area contributed by atoms with E-state index in [9.17, 15) is 4.79 Å². The van der Waals surface area contributed by atoms with Crippen LogP contribution in [0.5, 0.6) is 0 Å². The van der Waals surface area contributed by atoms with Crippen LogP contribution >= 0.6 is 0 Å². The Hall–Kier alpha value is -1.52. The van der Waals surface area contributed by atoms with Gasteiger partial charge in [-0.25, -0.2) is 4.79 Å². The molecular weight excluding hydrogens is 194 g/mol. The molecule has 1 aromatic rings. The number of rotatable bonds is 4. The summed E-state index contributed by atoms with van der Waals surface area (Å²) in [6.45, 7) is 5.62. The van der Waals surface area contributed by atoms with Crippen molar-refractivity contribution >= 4 is 11.7 Å². The number of aromatic nitrogens is 2. The highest BCUT2D eigenvalue weighted by Crippen LogP contribution is 2.19. The average molecular weight is 211 g/mol. The van der Waals surface area contributed by atoms with E-state index >= 15 is 0 Å². The molecule has 0 saturated carbocycles. The van der Waals surface area contributed by atoms with Crippen LogP contribution in [0.1, 0.15) is 24.7 Å². The number of hydrogen-bond donors (Lipinski definition) is 2. The highest BCUT2D eigenvalue weighted by atomic mass is 16.4. The van der Waals surface area contributed by atoms with Crippen molar-refractivity contribution < 1.29 is 9.90 Å². The first-order valence-electron chi connectivity index (χ1n) is 4.96. The number of nitrogens with one attached hydrogen (secondary N) is 1. The van der Waals surface area contributed by atoms with Crippen LogP contribution in [0.15, 0.2) is 0 Å². The summed E-state index contributed by atoms with van der Waals surface area (Å²) >= 11 is 0. The van der Waals surface area contributed by atoms with Crippen molar-refractivity contribution in [2.45, 2.75) is 33.2 Å². The van der Waals surface area contributed by atoms with E-state index in [0.29, 0.717) is 6.42 Å². The van der Waals surface area contributed by atoms with Crippen molar-refractivity contribution in [1.29, 1.82) is 0 Å². The number of aryl methyl sites for hydroxylation is 2. The lowest BCUT2D eigenvalue weighted by Crippen LogP contribution is -2.28. The van der Waals surface area contributed by atoms with Gasteiger partial charge in [0.15, 0.2) is 0 Å². The molecule has 84 valence electrons. The Kier molecular flexibility index (Phi) is 3.34. The first-order chi connectivity index (χ1) is 6.97. The summed E-state index contributed by atoms with van der Waals surface area (Å²) in [4.78, 5) is 10.9. The van der Waals surface area contributed by atoms with Gasteiger partial charge >= 0.3 is 5.97 Å². The lowest BCUT2D eigenvalue weighted by atomic mass is 10.2. The number of carboxylic acid groups (broad SMARTS) is 1. The number of anilines is 1. The molecule has 0 radical (unpaired) electrons. The summed E-state index contributed by atoms with van der Waals surface area (Å²) in [5, 5.41) is 16.2. The molecule has 0 aliphatic heterocycles.